The van der Waals surface area contributed by atoms with Gasteiger partial charge in [0.1, 0.15) is 0 Å². The molecule has 1 heterocycles. The Kier molecular flexibility index (Phi) is 4.86. The second-order valence-electron chi connectivity index (χ2n) is 6.35. The Bertz CT molecular complexity index is 513. The highest BCUT2D eigenvalue weighted by molar-refractivity contribution is 5.79. The van der Waals surface area contributed by atoms with E-state index < -0.39 is 0 Å². The average Bonchev–Trinajstić information content (AvgIpc) is 2.95. The number of nitrogens with zero attached hydrogens (tertiary/aromatic N) is 1. The first kappa shape index (κ1) is 15.2. The zero-order valence-corrected chi connectivity index (χ0v) is 13.3. The molecule has 1 aliphatic carbocycles. The smallest absolute Gasteiger partial charge is 0.225 e. The predicted molar refractivity (Wildman–Crippen MR) is 85.1 cm³/mol. The van der Waals surface area contributed by atoms with Crippen LogP contribution in [0.25, 0.3) is 0 Å². The van der Waals surface area contributed by atoms with Crippen molar-refractivity contribution in [2.24, 2.45) is 11.8 Å². The molecule has 22 heavy (non-hydrogen) atoms. The lowest BCUT2D eigenvalue weighted by Crippen LogP contribution is -2.37. The van der Waals surface area contributed by atoms with E-state index in [9.17, 15) is 4.79 Å². The van der Waals surface area contributed by atoms with Crippen molar-refractivity contribution in [1.29, 1.82) is 0 Å². The van der Waals surface area contributed by atoms with Crippen LogP contribution in [-0.2, 0) is 4.79 Å². The van der Waals surface area contributed by atoms with Crippen LogP contribution in [-0.4, -0.2) is 37.6 Å². The van der Waals surface area contributed by atoms with Gasteiger partial charge in [-0.05, 0) is 43.7 Å². The van der Waals surface area contributed by atoms with Crippen LogP contribution < -0.4 is 9.47 Å². The largest absolute Gasteiger partial charge is 0.493 e. The van der Waals surface area contributed by atoms with Crippen molar-refractivity contribution in [3.8, 4) is 11.5 Å². The van der Waals surface area contributed by atoms with Crippen molar-refractivity contribution >= 4 is 5.91 Å². The van der Waals surface area contributed by atoms with Crippen LogP contribution in [0.2, 0.25) is 0 Å². The number of hydrogen-bond acceptors (Lipinski definition) is 3. The van der Waals surface area contributed by atoms with E-state index in [1.165, 1.54) is 6.42 Å². The minimum Gasteiger partial charge on any atom is -0.493 e. The number of hydrogen-bond donors (Lipinski definition) is 0. The summed E-state index contributed by atoms with van der Waals surface area (Å²) >= 11 is 0. The summed E-state index contributed by atoms with van der Waals surface area (Å²) in [5, 5.41) is 0. The van der Waals surface area contributed by atoms with Gasteiger partial charge in [0.05, 0.1) is 13.7 Å². The van der Waals surface area contributed by atoms with Crippen LogP contribution in [0.1, 0.15) is 32.1 Å². The summed E-state index contributed by atoms with van der Waals surface area (Å²) in [5.41, 5.74) is 0. The second kappa shape index (κ2) is 7.03. The first-order chi connectivity index (χ1) is 10.8. The molecular formula is C18H25NO3. The molecule has 1 unspecified atom stereocenters. The average molecular weight is 303 g/mol. The molecule has 1 aromatic rings. The summed E-state index contributed by atoms with van der Waals surface area (Å²) in [6.45, 7) is 2.51. The molecule has 1 amide bonds. The number of para-hydroxylation sites is 2. The quantitative estimate of drug-likeness (QED) is 0.810. The molecule has 2 fully saturated rings. The topological polar surface area (TPSA) is 38.8 Å². The third-order valence-electron chi connectivity index (χ3n) is 4.90. The molecule has 0 spiro atoms. The van der Waals surface area contributed by atoms with E-state index in [1.807, 2.05) is 24.3 Å². The Morgan fingerprint density at radius 3 is 2.68 bits per heavy atom. The van der Waals surface area contributed by atoms with Crippen LogP contribution in [0.3, 0.4) is 0 Å². The van der Waals surface area contributed by atoms with Crippen molar-refractivity contribution in [3.63, 3.8) is 0 Å². The van der Waals surface area contributed by atoms with Crippen LogP contribution in [0, 0.1) is 11.8 Å². The van der Waals surface area contributed by atoms with Gasteiger partial charge in [-0.1, -0.05) is 18.6 Å². The Labute approximate surface area is 132 Å². The number of rotatable bonds is 6. The van der Waals surface area contributed by atoms with Crippen molar-refractivity contribution < 1.29 is 14.3 Å². The van der Waals surface area contributed by atoms with Crippen LogP contribution in [0.4, 0.5) is 0 Å². The summed E-state index contributed by atoms with van der Waals surface area (Å²) in [6, 6.07) is 7.73. The van der Waals surface area contributed by atoms with E-state index >= 15 is 0 Å². The van der Waals surface area contributed by atoms with Crippen LogP contribution in [0.15, 0.2) is 24.3 Å². The lowest BCUT2D eigenvalue weighted by Gasteiger charge is -2.29. The Hall–Kier alpha value is -1.71. The molecule has 1 saturated carbocycles. The highest BCUT2D eigenvalue weighted by atomic mass is 16.5. The first-order valence-corrected chi connectivity index (χ1v) is 8.32. The fourth-order valence-corrected chi connectivity index (χ4v) is 3.26. The molecule has 1 saturated heterocycles. The van der Waals surface area contributed by atoms with Gasteiger partial charge in [-0.25, -0.2) is 0 Å². The van der Waals surface area contributed by atoms with E-state index in [0.29, 0.717) is 24.3 Å². The minimum absolute atomic E-state index is 0.323. The maximum Gasteiger partial charge on any atom is 0.225 e. The maximum atomic E-state index is 12.2. The SMILES string of the molecule is COc1ccccc1OCCC1CCN(C(=O)C2CCC2)C1. The summed E-state index contributed by atoms with van der Waals surface area (Å²) in [6.07, 6.45) is 5.51. The lowest BCUT2D eigenvalue weighted by molar-refractivity contribution is -0.137. The van der Waals surface area contributed by atoms with E-state index in [1.54, 1.807) is 7.11 Å². The molecule has 0 radical (unpaired) electrons. The fraction of sp³-hybridized carbons (Fsp3) is 0.611. The Balaban J connectivity index is 1.42. The van der Waals surface area contributed by atoms with Gasteiger partial charge in [0.25, 0.3) is 0 Å². The van der Waals surface area contributed by atoms with Crippen LogP contribution in [0.5, 0.6) is 11.5 Å². The van der Waals surface area contributed by atoms with Crippen molar-refractivity contribution in [1.82, 2.24) is 4.90 Å². The molecule has 0 aromatic heterocycles. The molecule has 4 heteroatoms. The molecule has 3 rings (SSSR count). The molecule has 120 valence electrons. The molecule has 1 aliphatic heterocycles. The minimum atomic E-state index is 0.323. The zero-order valence-electron chi connectivity index (χ0n) is 13.3. The summed E-state index contributed by atoms with van der Waals surface area (Å²) in [4.78, 5) is 14.3. The fourth-order valence-electron chi connectivity index (χ4n) is 3.26. The normalized spacial score (nSPS) is 21.5. The molecule has 1 aromatic carbocycles. The number of methoxy groups -OCH3 is 1. The lowest BCUT2D eigenvalue weighted by atomic mass is 9.84. The van der Waals surface area contributed by atoms with Crippen LogP contribution >= 0.6 is 0 Å². The monoisotopic (exact) mass is 303 g/mol. The summed E-state index contributed by atoms with van der Waals surface area (Å²) < 4.78 is 11.1. The molecule has 0 bridgehead atoms. The highest BCUT2D eigenvalue weighted by Gasteiger charge is 2.33. The number of carbonyl (C=O) groups is 1. The summed E-state index contributed by atoms with van der Waals surface area (Å²) in [7, 11) is 1.66. The van der Waals surface area contributed by atoms with E-state index in [4.69, 9.17) is 9.47 Å². The maximum absolute atomic E-state index is 12.2. The zero-order chi connectivity index (χ0) is 15.4. The van der Waals surface area contributed by atoms with Gasteiger partial charge < -0.3 is 14.4 Å². The van der Waals surface area contributed by atoms with Gasteiger partial charge in [0.15, 0.2) is 11.5 Å². The second-order valence-corrected chi connectivity index (χ2v) is 6.35. The van der Waals surface area contributed by atoms with E-state index in [0.717, 1.165) is 50.3 Å². The molecule has 1 atom stereocenters. The third kappa shape index (κ3) is 3.37. The Morgan fingerprint density at radius 2 is 2.00 bits per heavy atom. The van der Waals surface area contributed by atoms with Gasteiger partial charge >= 0.3 is 0 Å². The van der Waals surface area contributed by atoms with Gasteiger partial charge in [0, 0.05) is 19.0 Å². The number of benzene rings is 1. The van der Waals surface area contributed by atoms with Crippen molar-refractivity contribution in [3.05, 3.63) is 24.3 Å². The first-order valence-electron chi connectivity index (χ1n) is 8.32. The molecule has 0 N–H and O–H groups in total. The van der Waals surface area contributed by atoms with E-state index in [-0.39, 0.29) is 0 Å². The predicted octanol–water partition coefficient (Wildman–Crippen LogP) is 3.11. The van der Waals surface area contributed by atoms with Gasteiger partial charge in [0.2, 0.25) is 5.91 Å². The molecule has 2 aliphatic rings. The standard InChI is InChI=1S/C18H25NO3/c1-21-16-7-2-3-8-17(16)22-12-10-14-9-11-19(13-14)18(20)15-5-4-6-15/h2-3,7-8,14-15H,4-6,9-13H2,1H3. The Morgan fingerprint density at radius 1 is 1.23 bits per heavy atom. The third-order valence-corrected chi connectivity index (χ3v) is 4.90. The summed E-state index contributed by atoms with van der Waals surface area (Å²) in [5.74, 6) is 2.85. The highest BCUT2D eigenvalue weighted by Crippen LogP contribution is 2.31. The van der Waals surface area contributed by atoms with Crippen molar-refractivity contribution in [2.75, 3.05) is 26.8 Å². The van der Waals surface area contributed by atoms with Crippen molar-refractivity contribution in [2.45, 2.75) is 32.1 Å². The van der Waals surface area contributed by atoms with E-state index in [2.05, 4.69) is 4.90 Å². The van der Waals surface area contributed by atoms with Gasteiger partial charge in [-0.2, -0.15) is 0 Å². The number of amides is 1. The molecular weight excluding hydrogens is 278 g/mol. The number of carbonyl (C=O) groups excluding carboxylic acids is 1. The van der Waals surface area contributed by atoms with Gasteiger partial charge in [-0.15, -0.1) is 0 Å². The number of ether oxygens (including phenoxy) is 2. The van der Waals surface area contributed by atoms with Gasteiger partial charge in [-0.3, -0.25) is 4.79 Å². The number of likely N-dealkylation sites (tertiary alicyclic amines) is 1. The molecule has 4 nitrogen and oxygen atoms in total.